The third kappa shape index (κ3) is 3.26. The van der Waals surface area contributed by atoms with Crippen molar-refractivity contribution in [3.8, 4) is 11.5 Å². The average molecular weight is 316 g/mol. The molecule has 0 aliphatic heterocycles. The Balaban J connectivity index is 2.30. The summed E-state index contributed by atoms with van der Waals surface area (Å²) in [5.74, 6) is -0.622. The van der Waals surface area contributed by atoms with Gasteiger partial charge in [0.25, 0.3) is 0 Å². The van der Waals surface area contributed by atoms with Crippen molar-refractivity contribution in [3.05, 3.63) is 51.8 Å². The van der Waals surface area contributed by atoms with Gasteiger partial charge in [-0.05, 0) is 36.8 Å². The van der Waals surface area contributed by atoms with Crippen molar-refractivity contribution in [1.82, 2.24) is 0 Å². The van der Waals surface area contributed by atoms with Crippen LogP contribution in [0.1, 0.15) is 18.5 Å². The van der Waals surface area contributed by atoms with Crippen LogP contribution in [0.5, 0.6) is 11.5 Å². The summed E-state index contributed by atoms with van der Waals surface area (Å²) in [5, 5.41) is 22.3. The Kier molecular flexibility index (Phi) is 4.26. The van der Waals surface area contributed by atoms with E-state index in [4.69, 9.17) is 23.2 Å². The molecule has 0 aliphatic carbocycles. The standard InChI is InChI=1S/C14H12Cl2FNO2/c1-7(8-2-10(19)6-11(20)3-8)18-14-12(15)4-9(17)5-13(14)16/h2-7,18-20H,1H3. The minimum atomic E-state index is -0.520. The molecule has 3 N–H and O–H groups in total. The number of nitrogens with one attached hydrogen (secondary N) is 1. The van der Waals surface area contributed by atoms with Gasteiger partial charge in [0, 0.05) is 12.1 Å². The maximum absolute atomic E-state index is 13.1. The number of rotatable bonds is 3. The Morgan fingerprint density at radius 2 is 1.50 bits per heavy atom. The van der Waals surface area contributed by atoms with Crippen molar-refractivity contribution >= 4 is 28.9 Å². The maximum atomic E-state index is 13.1. The highest BCUT2D eigenvalue weighted by molar-refractivity contribution is 6.39. The molecule has 2 rings (SSSR count). The fourth-order valence-electron chi connectivity index (χ4n) is 1.85. The number of aromatic hydroxyl groups is 2. The van der Waals surface area contributed by atoms with E-state index in [0.717, 1.165) is 12.1 Å². The molecule has 106 valence electrons. The van der Waals surface area contributed by atoms with E-state index in [2.05, 4.69) is 5.32 Å². The second-order valence-corrected chi connectivity index (χ2v) is 5.21. The zero-order valence-corrected chi connectivity index (χ0v) is 12.0. The highest BCUT2D eigenvalue weighted by atomic mass is 35.5. The normalized spacial score (nSPS) is 12.2. The molecule has 0 heterocycles. The Labute approximate surface area is 125 Å². The third-order valence-electron chi connectivity index (χ3n) is 2.79. The predicted octanol–water partition coefficient (Wildman–Crippen LogP) is 4.72. The number of anilines is 1. The summed E-state index contributed by atoms with van der Waals surface area (Å²) < 4.78 is 13.1. The molecule has 0 aromatic heterocycles. The lowest BCUT2D eigenvalue weighted by atomic mass is 10.1. The van der Waals surface area contributed by atoms with Gasteiger partial charge in [-0.1, -0.05) is 23.2 Å². The average Bonchev–Trinajstić information content (AvgIpc) is 2.32. The number of phenolic OH excluding ortho intramolecular Hbond substituents is 2. The van der Waals surface area contributed by atoms with Gasteiger partial charge in [0.2, 0.25) is 0 Å². The van der Waals surface area contributed by atoms with Crippen LogP contribution < -0.4 is 5.32 Å². The monoisotopic (exact) mass is 315 g/mol. The van der Waals surface area contributed by atoms with Gasteiger partial charge in [0.1, 0.15) is 17.3 Å². The van der Waals surface area contributed by atoms with Crippen LogP contribution in [-0.4, -0.2) is 10.2 Å². The lowest BCUT2D eigenvalue weighted by Gasteiger charge is -2.18. The van der Waals surface area contributed by atoms with Gasteiger partial charge >= 0.3 is 0 Å². The SMILES string of the molecule is CC(Nc1c(Cl)cc(F)cc1Cl)c1cc(O)cc(O)c1. The second-order valence-electron chi connectivity index (χ2n) is 4.39. The van der Waals surface area contributed by atoms with Gasteiger partial charge in [-0.2, -0.15) is 0 Å². The van der Waals surface area contributed by atoms with E-state index in [1.165, 1.54) is 18.2 Å². The molecule has 1 unspecified atom stereocenters. The fraction of sp³-hybridized carbons (Fsp3) is 0.143. The van der Waals surface area contributed by atoms with Crippen LogP contribution in [0.15, 0.2) is 30.3 Å². The highest BCUT2D eigenvalue weighted by Crippen LogP contribution is 2.35. The molecule has 1 atom stereocenters. The molecule has 0 saturated heterocycles. The zero-order valence-electron chi connectivity index (χ0n) is 10.5. The lowest BCUT2D eigenvalue weighted by molar-refractivity contribution is 0.448. The fourth-order valence-corrected chi connectivity index (χ4v) is 2.42. The first-order valence-electron chi connectivity index (χ1n) is 5.81. The number of hydrogen-bond acceptors (Lipinski definition) is 3. The Hall–Kier alpha value is -1.65. The van der Waals surface area contributed by atoms with Crippen molar-refractivity contribution in [1.29, 1.82) is 0 Å². The topological polar surface area (TPSA) is 52.5 Å². The largest absolute Gasteiger partial charge is 0.508 e. The molecule has 0 radical (unpaired) electrons. The molecular formula is C14H12Cl2FNO2. The molecule has 0 fully saturated rings. The zero-order chi connectivity index (χ0) is 14.9. The molecular weight excluding hydrogens is 304 g/mol. The first kappa shape index (κ1) is 14.8. The number of hydrogen-bond donors (Lipinski definition) is 3. The van der Waals surface area contributed by atoms with Crippen LogP contribution >= 0.6 is 23.2 Å². The molecule has 3 nitrogen and oxygen atoms in total. The van der Waals surface area contributed by atoms with Gasteiger partial charge in [0.05, 0.1) is 15.7 Å². The summed E-state index contributed by atoms with van der Waals surface area (Å²) in [4.78, 5) is 0. The summed E-state index contributed by atoms with van der Waals surface area (Å²) in [5.41, 5.74) is 1.03. The van der Waals surface area contributed by atoms with E-state index in [0.29, 0.717) is 11.3 Å². The molecule has 0 aliphatic rings. The van der Waals surface area contributed by atoms with Gasteiger partial charge in [0.15, 0.2) is 0 Å². The smallest absolute Gasteiger partial charge is 0.126 e. The van der Waals surface area contributed by atoms with Crippen LogP contribution in [0.3, 0.4) is 0 Å². The summed E-state index contributed by atoms with van der Waals surface area (Å²) >= 11 is 11.9. The Bertz CT molecular complexity index is 606. The quantitative estimate of drug-likeness (QED) is 0.768. The van der Waals surface area contributed by atoms with Gasteiger partial charge < -0.3 is 15.5 Å². The van der Waals surface area contributed by atoms with Crippen LogP contribution in [0.4, 0.5) is 10.1 Å². The first-order chi connectivity index (χ1) is 9.36. The van der Waals surface area contributed by atoms with Crippen molar-refractivity contribution in [2.45, 2.75) is 13.0 Å². The Morgan fingerprint density at radius 3 is 2.00 bits per heavy atom. The summed E-state index contributed by atoms with van der Waals surface area (Å²) in [6.07, 6.45) is 0. The van der Waals surface area contributed by atoms with Crippen LogP contribution in [0.2, 0.25) is 10.0 Å². The third-order valence-corrected chi connectivity index (χ3v) is 3.39. The second kappa shape index (κ2) is 5.77. The summed E-state index contributed by atoms with van der Waals surface area (Å²) in [7, 11) is 0. The van der Waals surface area contributed by atoms with Crippen LogP contribution in [0.25, 0.3) is 0 Å². The molecule has 0 bridgehead atoms. The number of halogens is 3. The summed E-state index contributed by atoms with van der Waals surface area (Å²) in [6.45, 7) is 1.80. The number of benzene rings is 2. The van der Waals surface area contributed by atoms with Gasteiger partial charge in [-0.3, -0.25) is 0 Å². The Morgan fingerprint density at radius 1 is 1.00 bits per heavy atom. The van der Waals surface area contributed by atoms with Gasteiger partial charge in [-0.15, -0.1) is 0 Å². The van der Waals surface area contributed by atoms with Gasteiger partial charge in [-0.25, -0.2) is 4.39 Å². The summed E-state index contributed by atoms with van der Waals surface area (Å²) in [6, 6.07) is 6.25. The van der Waals surface area contributed by atoms with Crippen molar-refractivity contribution < 1.29 is 14.6 Å². The minimum absolute atomic E-state index is 0.0510. The van der Waals surface area contributed by atoms with Crippen LogP contribution in [-0.2, 0) is 0 Å². The van der Waals surface area contributed by atoms with Crippen molar-refractivity contribution in [2.24, 2.45) is 0 Å². The van der Waals surface area contributed by atoms with E-state index < -0.39 is 5.82 Å². The maximum Gasteiger partial charge on any atom is 0.126 e. The van der Waals surface area contributed by atoms with E-state index in [-0.39, 0.29) is 27.6 Å². The van der Waals surface area contributed by atoms with Crippen LogP contribution in [0, 0.1) is 5.82 Å². The minimum Gasteiger partial charge on any atom is -0.508 e. The molecule has 0 saturated carbocycles. The molecule has 2 aromatic carbocycles. The van der Waals surface area contributed by atoms with E-state index >= 15 is 0 Å². The molecule has 20 heavy (non-hydrogen) atoms. The number of phenols is 2. The lowest BCUT2D eigenvalue weighted by Crippen LogP contribution is -2.07. The first-order valence-corrected chi connectivity index (χ1v) is 6.56. The highest BCUT2D eigenvalue weighted by Gasteiger charge is 2.13. The van der Waals surface area contributed by atoms with E-state index in [9.17, 15) is 14.6 Å². The molecule has 0 spiro atoms. The molecule has 0 amide bonds. The molecule has 6 heteroatoms. The van der Waals surface area contributed by atoms with Crippen molar-refractivity contribution in [3.63, 3.8) is 0 Å². The van der Waals surface area contributed by atoms with E-state index in [1.807, 2.05) is 0 Å². The molecule has 2 aromatic rings. The van der Waals surface area contributed by atoms with Crippen molar-refractivity contribution in [2.75, 3.05) is 5.32 Å². The van der Waals surface area contributed by atoms with E-state index in [1.54, 1.807) is 6.92 Å². The predicted molar refractivity (Wildman–Crippen MR) is 78.2 cm³/mol.